The zero-order valence-electron chi connectivity index (χ0n) is 9.45. The van der Waals surface area contributed by atoms with Crippen LogP contribution in [0.4, 0.5) is 4.39 Å². The standard InChI is InChI=1S/C12H13FIN3/c1-2-15-6-9-3-4-12(11(13)5-9)17-8-10(14)7-16-17/h3-5,7-8,15H,2,6H2,1H3. The predicted octanol–water partition coefficient (Wildman–Crippen LogP) is 2.73. The van der Waals surface area contributed by atoms with Gasteiger partial charge in [0.05, 0.1) is 9.77 Å². The molecule has 1 N–H and O–H groups in total. The highest BCUT2D eigenvalue weighted by molar-refractivity contribution is 14.1. The summed E-state index contributed by atoms with van der Waals surface area (Å²) in [6, 6.07) is 5.22. The molecule has 0 radical (unpaired) electrons. The van der Waals surface area contributed by atoms with Gasteiger partial charge in [-0.05, 0) is 46.8 Å². The molecule has 1 heterocycles. The van der Waals surface area contributed by atoms with E-state index >= 15 is 0 Å². The smallest absolute Gasteiger partial charge is 0.149 e. The Hall–Kier alpha value is -0.950. The van der Waals surface area contributed by atoms with Gasteiger partial charge in [-0.15, -0.1) is 0 Å². The van der Waals surface area contributed by atoms with E-state index < -0.39 is 0 Å². The monoisotopic (exact) mass is 345 g/mol. The Morgan fingerprint density at radius 3 is 2.88 bits per heavy atom. The molecule has 17 heavy (non-hydrogen) atoms. The molecule has 1 aromatic heterocycles. The first-order chi connectivity index (χ1) is 8.20. The van der Waals surface area contributed by atoms with E-state index in [0.29, 0.717) is 12.2 Å². The van der Waals surface area contributed by atoms with Crippen LogP contribution in [-0.4, -0.2) is 16.3 Å². The highest BCUT2D eigenvalue weighted by Crippen LogP contribution is 2.15. The van der Waals surface area contributed by atoms with E-state index in [0.717, 1.165) is 15.7 Å². The van der Waals surface area contributed by atoms with Crippen molar-refractivity contribution in [3.63, 3.8) is 0 Å². The molecule has 0 aliphatic carbocycles. The first kappa shape index (κ1) is 12.5. The molecule has 0 aliphatic heterocycles. The van der Waals surface area contributed by atoms with Gasteiger partial charge in [0.25, 0.3) is 0 Å². The number of hydrogen-bond donors (Lipinski definition) is 1. The third kappa shape index (κ3) is 3.04. The normalized spacial score (nSPS) is 10.8. The fraction of sp³-hybridized carbons (Fsp3) is 0.250. The lowest BCUT2D eigenvalue weighted by atomic mass is 10.2. The van der Waals surface area contributed by atoms with Crippen LogP contribution in [0.5, 0.6) is 0 Å². The number of hydrogen-bond acceptors (Lipinski definition) is 2. The third-order valence-corrected chi connectivity index (χ3v) is 2.95. The molecule has 90 valence electrons. The van der Waals surface area contributed by atoms with Crippen molar-refractivity contribution in [3.05, 3.63) is 45.5 Å². The van der Waals surface area contributed by atoms with Crippen LogP contribution in [0.2, 0.25) is 0 Å². The molecule has 2 aromatic rings. The minimum Gasteiger partial charge on any atom is -0.313 e. The van der Waals surface area contributed by atoms with Crippen molar-refractivity contribution < 1.29 is 4.39 Å². The van der Waals surface area contributed by atoms with Gasteiger partial charge >= 0.3 is 0 Å². The van der Waals surface area contributed by atoms with Crippen LogP contribution in [0.25, 0.3) is 5.69 Å². The summed E-state index contributed by atoms with van der Waals surface area (Å²) >= 11 is 2.15. The summed E-state index contributed by atoms with van der Waals surface area (Å²) in [4.78, 5) is 0. The second kappa shape index (κ2) is 5.59. The Morgan fingerprint density at radius 1 is 1.47 bits per heavy atom. The van der Waals surface area contributed by atoms with Gasteiger partial charge in [0.2, 0.25) is 0 Å². The van der Waals surface area contributed by atoms with E-state index in [9.17, 15) is 4.39 Å². The summed E-state index contributed by atoms with van der Waals surface area (Å²) < 4.78 is 16.4. The van der Waals surface area contributed by atoms with Crippen LogP contribution < -0.4 is 5.32 Å². The van der Waals surface area contributed by atoms with Crippen molar-refractivity contribution in [2.75, 3.05) is 6.54 Å². The number of benzene rings is 1. The summed E-state index contributed by atoms with van der Waals surface area (Å²) in [5, 5.41) is 7.26. The van der Waals surface area contributed by atoms with Gasteiger partial charge in [0.15, 0.2) is 0 Å². The first-order valence-corrected chi connectivity index (χ1v) is 6.48. The summed E-state index contributed by atoms with van der Waals surface area (Å²) in [6.45, 7) is 3.58. The molecule has 5 heteroatoms. The Bertz CT molecular complexity index is 510. The Balaban J connectivity index is 2.25. The topological polar surface area (TPSA) is 29.9 Å². The van der Waals surface area contributed by atoms with Crippen molar-refractivity contribution in [1.82, 2.24) is 15.1 Å². The Labute approximate surface area is 113 Å². The fourth-order valence-corrected chi connectivity index (χ4v) is 1.94. The molecular weight excluding hydrogens is 332 g/mol. The average Bonchev–Trinajstić information content (AvgIpc) is 2.73. The van der Waals surface area contributed by atoms with Crippen molar-refractivity contribution in [3.8, 4) is 5.69 Å². The van der Waals surface area contributed by atoms with Crippen LogP contribution in [0, 0.1) is 9.39 Å². The van der Waals surface area contributed by atoms with Crippen LogP contribution in [0.3, 0.4) is 0 Å². The second-order valence-corrected chi connectivity index (χ2v) is 4.91. The highest BCUT2D eigenvalue weighted by Gasteiger charge is 2.06. The molecule has 0 aliphatic rings. The number of aromatic nitrogens is 2. The van der Waals surface area contributed by atoms with Crippen molar-refractivity contribution in [1.29, 1.82) is 0 Å². The lowest BCUT2D eigenvalue weighted by Gasteiger charge is -2.06. The van der Waals surface area contributed by atoms with Crippen LogP contribution in [0.1, 0.15) is 12.5 Å². The van der Waals surface area contributed by atoms with Gasteiger partial charge < -0.3 is 5.32 Å². The molecule has 0 atom stereocenters. The molecule has 3 nitrogen and oxygen atoms in total. The van der Waals surface area contributed by atoms with Gasteiger partial charge in [-0.3, -0.25) is 0 Å². The minimum atomic E-state index is -0.250. The quantitative estimate of drug-likeness (QED) is 0.864. The lowest BCUT2D eigenvalue weighted by Crippen LogP contribution is -2.12. The van der Waals surface area contributed by atoms with E-state index in [1.165, 1.54) is 0 Å². The maximum atomic E-state index is 13.9. The largest absolute Gasteiger partial charge is 0.313 e. The van der Waals surface area contributed by atoms with E-state index in [1.54, 1.807) is 29.2 Å². The van der Waals surface area contributed by atoms with E-state index in [4.69, 9.17) is 0 Å². The summed E-state index contributed by atoms with van der Waals surface area (Å²) in [5.41, 5.74) is 1.42. The van der Waals surface area contributed by atoms with E-state index in [1.807, 2.05) is 13.0 Å². The highest BCUT2D eigenvalue weighted by atomic mass is 127. The summed E-state index contributed by atoms with van der Waals surface area (Å²) in [7, 11) is 0. The minimum absolute atomic E-state index is 0.250. The third-order valence-electron chi connectivity index (χ3n) is 2.39. The molecule has 0 amide bonds. The number of halogens is 2. The van der Waals surface area contributed by atoms with Gasteiger partial charge in [-0.2, -0.15) is 5.10 Å². The Morgan fingerprint density at radius 2 is 2.29 bits per heavy atom. The van der Waals surface area contributed by atoms with Crippen molar-refractivity contribution in [2.24, 2.45) is 0 Å². The molecule has 0 saturated carbocycles. The average molecular weight is 345 g/mol. The maximum Gasteiger partial charge on any atom is 0.149 e. The summed E-state index contributed by atoms with van der Waals surface area (Å²) in [5.74, 6) is -0.250. The van der Waals surface area contributed by atoms with E-state index in [2.05, 4.69) is 33.0 Å². The predicted molar refractivity (Wildman–Crippen MR) is 73.6 cm³/mol. The second-order valence-electron chi connectivity index (χ2n) is 3.67. The zero-order valence-corrected chi connectivity index (χ0v) is 11.6. The number of nitrogens with zero attached hydrogens (tertiary/aromatic N) is 2. The first-order valence-electron chi connectivity index (χ1n) is 5.40. The molecule has 0 unspecified atom stereocenters. The van der Waals surface area contributed by atoms with Crippen molar-refractivity contribution >= 4 is 22.6 Å². The molecule has 1 aromatic carbocycles. The molecule has 2 rings (SSSR count). The lowest BCUT2D eigenvalue weighted by molar-refractivity contribution is 0.605. The van der Waals surface area contributed by atoms with Gasteiger partial charge in [0.1, 0.15) is 11.5 Å². The van der Waals surface area contributed by atoms with Gasteiger partial charge in [-0.1, -0.05) is 13.0 Å². The molecule has 0 fully saturated rings. The fourth-order valence-electron chi connectivity index (χ4n) is 1.55. The van der Waals surface area contributed by atoms with Gasteiger partial charge in [-0.25, -0.2) is 9.07 Å². The maximum absolute atomic E-state index is 13.9. The molecule has 0 spiro atoms. The van der Waals surface area contributed by atoms with Crippen LogP contribution in [-0.2, 0) is 6.54 Å². The van der Waals surface area contributed by atoms with Crippen LogP contribution in [0.15, 0.2) is 30.6 Å². The summed E-state index contributed by atoms with van der Waals surface area (Å²) in [6.07, 6.45) is 3.50. The van der Waals surface area contributed by atoms with E-state index in [-0.39, 0.29) is 5.82 Å². The molecule has 0 saturated heterocycles. The molecule has 0 bridgehead atoms. The molecular formula is C12H13FIN3. The van der Waals surface area contributed by atoms with Crippen LogP contribution >= 0.6 is 22.6 Å². The Kier molecular flexibility index (Phi) is 4.11. The SMILES string of the molecule is CCNCc1ccc(-n2cc(I)cn2)c(F)c1. The number of nitrogens with one attached hydrogen (secondary N) is 1. The van der Waals surface area contributed by atoms with Gasteiger partial charge in [0, 0.05) is 12.7 Å². The number of rotatable bonds is 4. The van der Waals surface area contributed by atoms with Crippen molar-refractivity contribution in [2.45, 2.75) is 13.5 Å². The zero-order chi connectivity index (χ0) is 12.3.